The molecule has 5 nitrogen and oxygen atoms in total. The van der Waals surface area contributed by atoms with E-state index in [9.17, 15) is 9.59 Å². The fraction of sp³-hybridized carbons (Fsp3) is 0.611. The number of hydrogen-bond acceptors (Lipinski definition) is 5. The Morgan fingerprint density at radius 3 is 2.88 bits per heavy atom. The van der Waals surface area contributed by atoms with E-state index in [1.807, 2.05) is 6.92 Å². The molecular weight excluding hydrogens is 324 g/mol. The van der Waals surface area contributed by atoms with Crippen LogP contribution in [0, 0.1) is 12.8 Å². The predicted octanol–water partition coefficient (Wildman–Crippen LogP) is 3.45. The topological polar surface area (TPSA) is 61.2 Å². The summed E-state index contributed by atoms with van der Waals surface area (Å²) in [5, 5.41) is 0.593. The van der Waals surface area contributed by atoms with Crippen molar-refractivity contribution < 1.29 is 9.53 Å². The first-order chi connectivity index (χ1) is 11.6. The van der Waals surface area contributed by atoms with Gasteiger partial charge < -0.3 is 4.74 Å². The SMILES string of the molecule is Cc1c(C(=O)OCC2CCCCC2)sc2nc3n(c(=O)c12)CCC3. The highest BCUT2D eigenvalue weighted by Crippen LogP contribution is 2.30. The van der Waals surface area contributed by atoms with Crippen LogP contribution >= 0.6 is 11.3 Å². The molecule has 3 heterocycles. The number of hydrogen-bond donors (Lipinski definition) is 0. The van der Waals surface area contributed by atoms with Gasteiger partial charge >= 0.3 is 5.97 Å². The average Bonchev–Trinajstić information content (AvgIpc) is 3.19. The van der Waals surface area contributed by atoms with Crippen molar-refractivity contribution in [3.05, 3.63) is 26.6 Å². The third-order valence-electron chi connectivity index (χ3n) is 5.27. The summed E-state index contributed by atoms with van der Waals surface area (Å²) < 4.78 is 7.30. The van der Waals surface area contributed by atoms with E-state index in [1.165, 1.54) is 30.6 Å². The maximum absolute atomic E-state index is 12.7. The minimum atomic E-state index is -0.300. The van der Waals surface area contributed by atoms with Gasteiger partial charge in [0.2, 0.25) is 0 Å². The van der Waals surface area contributed by atoms with Gasteiger partial charge in [0, 0.05) is 13.0 Å². The van der Waals surface area contributed by atoms with Crippen LogP contribution in [0.4, 0.5) is 0 Å². The zero-order chi connectivity index (χ0) is 16.7. The summed E-state index contributed by atoms with van der Waals surface area (Å²) in [4.78, 5) is 31.0. The third-order valence-corrected chi connectivity index (χ3v) is 6.44. The van der Waals surface area contributed by atoms with Crippen LogP contribution in [0.15, 0.2) is 4.79 Å². The van der Waals surface area contributed by atoms with Crippen LogP contribution in [-0.2, 0) is 17.7 Å². The minimum Gasteiger partial charge on any atom is -0.461 e. The summed E-state index contributed by atoms with van der Waals surface area (Å²) in [6, 6.07) is 0. The van der Waals surface area contributed by atoms with Crippen LogP contribution in [0.5, 0.6) is 0 Å². The molecule has 0 unspecified atom stereocenters. The molecule has 6 heteroatoms. The maximum atomic E-state index is 12.7. The molecule has 0 amide bonds. The van der Waals surface area contributed by atoms with Crippen molar-refractivity contribution in [3.63, 3.8) is 0 Å². The summed E-state index contributed by atoms with van der Waals surface area (Å²) in [6.07, 6.45) is 7.86. The highest BCUT2D eigenvalue weighted by molar-refractivity contribution is 7.20. The number of carbonyl (C=O) groups is 1. The van der Waals surface area contributed by atoms with Crippen molar-refractivity contribution in [1.82, 2.24) is 9.55 Å². The van der Waals surface area contributed by atoms with E-state index in [2.05, 4.69) is 4.98 Å². The number of thiophene rings is 1. The van der Waals surface area contributed by atoms with Crippen LogP contribution < -0.4 is 5.56 Å². The van der Waals surface area contributed by atoms with Gasteiger partial charge in [-0.3, -0.25) is 9.36 Å². The Morgan fingerprint density at radius 2 is 2.08 bits per heavy atom. The monoisotopic (exact) mass is 346 g/mol. The molecule has 24 heavy (non-hydrogen) atoms. The normalized spacial score (nSPS) is 18.0. The Hall–Kier alpha value is -1.69. The van der Waals surface area contributed by atoms with Crippen molar-refractivity contribution in [1.29, 1.82) is 0 Å². The van der Waals surface area contributed by atoms with E-state index in [0.717, 1.165) is 43.6 Å². The summed E-state index contributed by atoms with van der Waals surface area (Å²) in [5.74, 6) is 1.03. The number of nitrogens with zero attached hydrogens (tertiary/aromatic N) is 2. The first kappa shape index (κ1) is 15.8. The van der Waals surface area contributed by atoms with E-state index >= 15 is 0 Å². The van der Waals surface area contributed by atoms with Crippen LogP contribution in [-0.4, -0.2) is 22.1 Å². The second kappa shape index (κ2) is 6.31. The van der Waals surface area contributed by atoms with Gasteiger partial charge in [0.05, 0.1) is 12.0 Å². The number of ether oxygens (including phenoxy) is 1. The van der Waals surface area contributed by atoms with Gasteiger partial charge in [0.1, 0.15) is 15.5 Å². The van der Waals surface area contributed by atoms with E-state index in [-0.39, 0.29) is 11.5 Å². The van der Waals surface area contributed by atoms with E-state index in [0.29, 0.717) is 27.6 Å². The molecule has 1 fully saturated rings. The molecular formula is C18H22N2O3S. The molecule has 1 aliphatic heterocycles. The molecule has 0 spiro atoms. The summed E-state index contributed by atoms with van der Waals surface area (Å²) in [7, 11) is 0. The Morgan fingerprint density at radius 1 is 1.29 bits per heavy atom. The van der Waals surface area contributed by atoms with Crippen molar-refractivity contribution in [3.8, 4) is 0 Å². The number of rotatable bonds is 3. The highest BCUT2D eigenvalue weighted by Gasteiger charge is 2.24. The Labute approximate surface area is 144 Å². The van der Waals surface area contributed by atoms with Gasteiger partial charge in [0.25, 0.3) is 5.56 Å². The number of esters is 1. The number of fused-ring (bicyclic) bond motifs is 2. The second-order valence-corrected chi connectivity index (χ2v) is 7.93. The fourth-order valence-electron chi connectivity index (χ4n) is 3.88. The van der Waals surface area contributed by atoms with Crippen LogP contribution in [0.2, 0.25) is 0 Å². The standard InChI is InChI=1S/C18H22N2O3S/c1-11-14-16(19-13-8-5-9-20(13)17(14)21)24-15(11)18(22)23-10-12-6-3-2-4-7-12/h12H,2-10H2,1H3. The molecule has 0 radical (unpaired) electrons. The van der Waals surface area contributed by atoms with Gasteiger partial charge in [-0.1, -0.05) is 19.3 Å². The molecule has 1 aliphatic carbocycles. The van der Waals surface area contributed by atoms with Crippen LogP contribution in [0.1, 0.15) is 59.6 Å². The summed E-state index contributed by atoms with van der Waals surface area (Å²) in [5.41, 5.74) is 0.718. The lowest BCUT2D eigenvalue weighted by Crippen LogP contribution is -2.20. The maximum Gasteiger partial charge on any atom is 0.348 e. The summed E-state index contributed by atoms with van der Waals surface area (Å²) >= 11 is 1.30. The molecule has 0 atom stereocenters. The van der Waals surface area contributed by atoms with Crippen molar-refractivity contribution in [2.24, 2.45) is 5.92 Å². The van der Waals surface area contributed by atoms with E-state index < -0.39 is 0 Å². The predicted molar refractivity (Wildman–Crippen MR) is 93.8 cm³/mol. The zero-order valence-corrected chi connectivity index (χ0v) is 14.8. The smallest absolute Gasteiger partial charge is 0.348 e. The Bertz CT molecular complexity index is 846. The van der Waals surface area contributed by atoms with Gasteiger partial charge in [-0.05, 0) is 37.7 Å². The Balaban J connectivity index is 1.60. The minimum absolute atomic E-state index is 0.00687. The molecule has 2 aliphatic rings. The molecule has 128 valence electrons. The molecule has 2 aromatic rings. The first-order valence-electron chi connectivity index (χ1n) is 8.85. The average molecular weight is 346 g/mol. The highest BCUT2D eigenvalue weighted by atomic mass is 32.1. The third kappa shape index (κ3) is 2.66. The number of aryl methyl sites for hydroxylation is 2. The van der Waals surface area contributed by atoms with Gasteiger partial charge in [-0.15, -0.1) is 11.3 Å². The number of carbonyl (C=O) groups excluding carboxylic acids is 1. The van der Waals surface area contributed by atoms with Gasteiger partial charge in [-0.25, -0.2) is 9.78 Å². The lowest BCUT2D eigenvalue weighted by molar-refractivity contribution is 0.0415. The first-order valence-corrected chi connectivity index (χ1v) is 9.66. The van der Waals surface area contributed by atoms with Gasteiger partial charge in [-0.2, -0.15) is 0 Å². The molecule has 4 rings (SSSR count). The van der Waals surface area contributed by atoms with E-state index in [4.69, 9.17) is 4.74 Å². The zero-order valence-electron chi connectivity index (χ0n) is 14.0. The fourth-order valence-corrected chi connectivity index (χ4v) is 4.97. The van der Waals surface area contributed by atoms with E-state index in [1.54, 1.807) is 4.57 Å². The van der Waals surface area contributed by atoms with Crippen LogP contribution in [0.3, 0.4) is 0 Å². The van der Waals surface area contributed by atoms with Crippen molar-refractivity contribution in [2.75, 3.05) is 6.61 Å². The number of aromatic nitrogens is 2. The lowest BCUT2D eigenvalue weighted by atomic mass is 9.90. The van der Waals surface area contributed by atoms with Crippen molar-refractivity contribution >= 4 is 27.5 Å². The van der Waals surface area contributed by atoms with Crippen molar-refractivity contribution in [2.45, 2.75) is 58.4 Å². The lowest BCUT2D eigenvalue weighted by Gasteiger charge is -2.20. The van der Waals surface area contributed by atoms with Crippen LogP contribution in [0.25, 0.3) is 10.2 Å². The molecule has 0 aromatic carbocycles. The molecule has 2 aromatic heterocycles. The second-order valence-electron chi connectivity index (χ2n) is 6.93. The summed E-state index contributed by atoms with van der Waals surface area (Å²) in [6.45, 7) is 3.06. The molecule has 0 bridgehead atoms. The molecule has 0 N–H and O–H groups in total. The quantitative estimate of drug-likeness (QED) is 0.799. The largest absolute Gasteiger partial charge is 0.461 e. The Kier molecular flexibility index (Phi) is 4.16. The molecule has 1 saturated carbocycles. The van der Waals surface area contributed by atoms with Gasteiger partial charge in [0.15, 0.2) is 0 Å². The molecule has 0 saturated heterocycles.